The van der Waals surface area contributed by atoms with Gasteiger partial charge in [-0.05, 0) is 301 Å². The molecule has 0 amide bonds. The molecule has 0 saturated heterocycles. The third-order valence-corrected chi connectivity index (χ3v) is 25.6. The molecule has 590 valence electrons. The Morgan fingerprint density at radius 2 is 0.734 bits per heavy atom. The van der Waals surface area contributed by atoms with Gasteiger partial charge in [-0.3, -0.25) is 0 Å². The molecule has 5 aliphatic heterocycles. The third kappa shape index (κ3) is 18.3. The molecular formula is C99H134O10. The summed E-state index contributed by atoms with van der Waals surface area (Å²) in [4.78, 5) is 0. The highest BCUT2D eigenvalue weighted by atomic mass is 16.5. The summed E-state index contributed by atoms with van der Waals surface area (Å²) in [5.41, 5.74) is 18.7. The van der Waals surface area contributed by atoms with Gasteiger partial charge >= 0.3 is 0 Å². The second-order valence-corrected chi connectivity index (χ2v) is 36.6. The number of rotatable bonds is 14. The Morgan fingerprint density at radius 3 is 1.17 bits per heavy atom. The normalized spacial score (nSPS) is 23.7. The minimum absolute atomic E-state index is 0.172. The standard InChI is InChI=1S/2C21H30O2.C21H26O2.C19H26O2.C17H22O2/c3*1-5-6-7-8-15-12-18(22)20-16-11-14(2)9-10-17(16)21(3,4)23-19(20)13-15;1-5-6-13-10-16(20)18-14-9-12(2)7-8-15(14)19(3,4)21-17(18)11-13;1-10-5-6-13-12(7-10)16-14(18)8-11(2)9-15(16)19-17(13,3)4/h11-13,16-17,22H,5-10H2,1-4H3;9,12-13,16-17,22H,5-8,10-11H2,1-4H3;9-13,22H,5-8H2,1-4H3;9-11,14-15,20H,5-8H2,1-4H3;7-9,12-13,18H,5-6H2,1-4H3/t16-,17+;16-,17-;;14-,15-;12-,13-/m11.11/s1. The summed E-state index contributed by atoms with van der Waals surface area (Å²) in [6.45, 7) is 43.3. The second-order valence-electron chi connectivity index (χ2n) is 36.6. The number of benzene rings is 6. The van der Waals surface area contributed by atoms with Crippen LogP contribution in [0.15, 0.2) is 125 Å². The number of phenols is 5. The molecule has 5 heterocycles. The Balaban J connectivity index is 0.000000136. The molecule has 0 saturated carbocycles. The van der Waals surface area contributed by atoms with E-state index in [9.17, 15) is 25.5 Å². The molecule has 4 aliphatic carbocycles. The van der Waals surface area contributed by atoms with Crippen molar-refractivity contribution in [3.63, 3.8) is 0 Å². The molecule has 10 nitrogen and oxygen atoms in total. The highest BCUT2D eigenvalue weighted by Gasteiger charge is 2.50. The van der Waals surface area contributed by atoms with Crippen molar-refractivity contribution in [1.82, 2.24) is 0 Å². The fourth-order valence-corrected chi connectivity index (χ4v) is 19.8. The topological polar surface area (TPSA) is 147 Å². The molecule has 6 aromatic rings. The Morgan fingerprint density at radius 1 is 0.358 bits per heavy atom. The van der Waals surface area contributed by atoms with Gasteiger partial charge in [-0.15, -0.1) is 0 Å². The fourth-order valence-electron chi connectivity index (χ4n) is 19.8. The highest BCUT2D eigenvalue weighted by molar-refractivity contribution is 5.82. The number of hydrogen-bond acceptors (Lipinski definition) is 10. The Hall–Kier alpha value is -7.72. The molecule has 0 unspecified atom stereocenters. The van der Waals surface area contributed by atoms with Crippen molar-refractivity contribution in [2.45, 2.75) is 331 Å². The van der Waals surface area contributed by atoms with Gasteiger partial charge in [-0.2, -0.15) is 0 Å². The van der Waals surface area contributed by atoms with Gasteiger partial charge in [-0.1, -0.05) is 143 Å². The SMILES string of the molecule is CC1=C[C@H]2c3c(O)cc(C)cc3OC(C)(C)[C@@H]2CC1.CCCCCc1cc(O)c2c(c1)OC(C)(C)[C@@H]1CC=C(C)C[C@@H]21.CCCCCc1cc(O)c2c(c1)OC(C)(C)[C@H]1CCC(C)=C[C@@H]21.CCCCCc1cc(O)c2c(c1)OC(C)(C)c1ccc(C)cc1-2.CCCc1cc(O)c2c(c1)OC(C)(C)[C@@H]1CCC(C)=C[C@@H]21. The maximum Gasteiger partial charge on any atom is 0.132 e. The number of allylic oxidation sites excluding steroid dienone is 8. The van der Waals surface area contributed by atoms with E-state index < -0.39 is 0 Å². The summed E-state index contributed by atoms with van der Waals surface area (Å²) in [6.07, 6.45) is 34.1. The van der Waals surface area contributed by atoms with Crippen LogP contribution >= 0.6 is 0 Å². The van der Waals surface area contributed by atoms with Gasteiger partial charge in [0.1, 0.15) is 85.5 Å². The van der Waals surface area contributed by atoms with Crippen LogP contribution in [0.2, 0.25) is 0 Å². The predicted molar refractivity (Wildman–Crippen MR) is 448 cm³/mol. The quantitative estimate of drug-likeness (QED) is 0.0527. The van der Waals surface area contributed by atoms with Crippen LogP contribution in [0.5, 0.6) is 57.5 Å². The van der Waals surface area contributed by atoms with Crippen LogP contribution < -0.4 is 23.7 Å². The van der Waals surface area contributed by atoms with E-state index in [2.05, 4.69) is 198 Å². The summed E-state index contributed by atoms with van der Waals surface area (Å²) < 4.78 is 31.5. The van der Waals surface area contributed by atoms with E-state index in [4.69, 9.17) is 23.7 Å². The molecule has 0 spiro atoms. The molecule has 109 heavy (non-hydrogen) atoms. The number of fused-ring (bicyclic) bond motifs is 15. The second kappa shape index (κ2) is 33.7. The van der Waals surface area contributed by atoms with Crippen LogP contribution in [0.3, 0.4) is 0 Å². The van der Waals surface area contributed by atoms with Gasteiger partial charge in [0, 0.05) is 75.2 Å². The van der Waals surface area contributed by atoms with E-state index in [0.29, 0.717) is 58.3 Å². The van der Waals surface area contributed by atoms with Gasteiger partial charge in [0.05, 0.1) is 5.56 Å². The summed E-state index contributed by atoms with van der Waals surface area (Å²) in [6, 6.07) is 26.6. The largest absolute Gasteiger partial charge is 0.508 e. The number of aryl methyl sites for hydroxylation is 6. The van der Waals surface area contributed by atoms with Gasteiger partial charge in [0.25, 0.3) is 0 Å². The van der Waals surface area contributed by atoms with E-state index in [-0.39, 0.29) is 45.8 Å². The fraction of sp³-hybridized carbons (Fsp3) is 0.556. The van der Waals surface area contributed by atoms with Crippen molar-refractivity contribution in [2.24, 2.45) is 23.7 Å². The molecule has 9 aliphatic rings. The monoisotopic (exact) mass is 1480 g/mol. The Labute approximate surface area is 655 Å². The molecule has 8 atom stereocenters. The summed E-state index contributed by atoms with van der Waals surface area (Å²) in [5, 5.41) is 52.9. The van der Waals surface area contributed by atoms with E-state index in [0.717, 1.165) is 169 Å². The zero-order valence-corrected chi connectivity index (χ0v) is 70.3. The average molecular weight is 1480 g/mol. The van der Waals surface area contributed by atoms with E-state index in [1.807, 2.05) is 43.3 Å². The van der Waals surface area contributed by atoms with Crippen molar-refractivity contribution >= 4 is 0 Å². The van der Waals surface area contributed by atoms with E-state index >= 15 is 0 Å². The lowest BCUT2D eigenvalue weighted by Gasteiger charge is -2.47. The van der Waals surface area contributed by atoms with Gasteiger partial charge < -0.3 is 49.2 Å². The van der Waals surface area contributed by atoms with Gasteiger partial charge in [0.2, 0.25) is 0 Å². The predicted octanol–water partition coefficient (Wildman–Crippen LogP) is 26.5. The lowest BCUT2D eigenvalue weighted by atomic mass is 9.67. The lowest BCUT2D eigenvalue weighted by Crippen LogP contribution is -2.45. The number of phenolic OH excluding ortho intramolecular Hbond substituents is 5. The van der Waals surface area contributed by atoms with Crippen molar-refractivity contribution in [2.75, 3.05) is 0 Å². The number of hydrogen-bond donors (Lipinski definition) is 5. The number of aromatic hydroxyl groups is 5. The first kappa shape index (κ1) is 82.2. The van der Waals surface area contributed by atoms with Gasteiger partial charge in [-0.25, -0.2) is 0 Å². The molecule has 0 aromatic heterocycles. The average Bonchev–Trinajstić information content (AvgIpc) is 0.773. The molecule has 0 radical (unpaired) electrons. The lowest BCUT2D eigenvalue weighted by molar-refractivity contribution is 0.00743. The molecule has 15 rings (SSSR count). The zero-order valence-electron chi connectivity index (χ0n) is 70.3. The van der Waals surface area contributed by atoms with Crippen LogP contribution in [-0.4, -0.2) is 47.9 Å². The van der Waals surface area contributed by atoms with E-state index in [1.54, 1.807) is 0 Å². The van der Waals surface area contributed by atoms with Crippen LogP contribution in [0.4, 0.5) is 0 Å². The van der Waals surface area contributed by atoms with Crippen molar-refractivity contribution in [3.05, 3.63) is 187 Å². The van der Waals surface area contributed by atoms with Crippen molar-refractivity contribution in [1.29, 1.82) is 0 Å². The Kier molecular flexibility index (Phi) is 25.4. The first-order valence-corrected chi connectivity index (χ1v) is 42.1. The highest BCUT2D eigenvalue weighted by Crippen LogP contribution is 2.59. The third-order valence-electron chi connectivity index (χ3n) is 25.6. The smallest absolute Gasteiger partial charge is 0.132 e. The first-order valence-electron chi connectivity index (χ1n) is 42.1. The minimum Gasteiger partial charge on any atom is -0.508 e. The molecule has 10 heteroatoms. The summed E-state index contributed by atoms with van der Waals surface area (Å²) in [5.74, 6) is 9.34. The van der Waals surface area contributed by atoms with Crippen LogP contribution in [0.1, 0.15) is 325 Å². The summed E-state index contributed by atoms with van der Waals surface area (Å²) >= 11 is 0. The maximum atomic E-state index is 10.7. The zero-order chi connectivity index (χ0) is 78.8. The van der Waals surface area contributed by atoms with Crippen LogP contribution in [0, 0.1) is 37.5 Å². The molecule has 0 bridgehead atoms. The van der Waals surface area contributed by atoms with Gasteiger partial charge in [0.15, 0.2) is 0 Å². The Bertz CT molecular complexity index is 4370. The first-order chi connectivity index (χ1) is 51.6. The minimum atomic E-state index is -0.384. The van der Waals surface area contributed by atoms with Crippen molar-refractivity contribution in [3.8, 4) is 68.6 Å². The van der Waals surface area contributed by atoms with Crippen LogP contribution in [0.25, 0.3) is 11.1 Å². The van der Waals surface area contributed by atoms with E-state index in [1.165, 1.54) is 95.9 Å². The molecule has 0 fully saturated rings. The maximum absolute atomic E-state index is 10.7. The number of ether oxygens (including phenoxy) is 5. The molecule has 6 aromatic carbocycles. The molecular weight excluding hydrogens is 1350 g/mol. The molecule has 5 N–H and O–H groups in total. The van der Waals surface area contributed by atoms with Crippen molar-refractivity contribution < 1.29 is 49.2 Å². The summed E-state index contributed by atoms with van der Waals surface area (Å²) in [7, 11) is 0. The number of unbranched alkanes of at least 4 members (excludes halogenated alkanes) is 6. The van der Waals surface area contributed by atoms with Crippen LogP contribution in [-0.2, 0) is 31.3 Å².